The number of fused-ring (bicyclic) bond motifs is 1. The number of carbonyl (C=O) groups is 1. The number of anilines is 1. The highest BCUT2D eigenvalue weighted by Gasteiger charge is 2.29. The van der Waals surface area contributed by atoms with Crippen LogP contribution in [-0.4, -0.2) is 66.2 Å². The highest BCUT2D eigenvalue weighted by Crippen LogP contribution is 2.27. The topological polar surface area (TPSA) is 59.3 Å². The first kappa shape index (κ1) is 18.6. The van der Waals surface area contributed by atoms with Crippen molar-refractivity contribution in [3.63, 3.8) is 0 Å². The van der Waals surface area contributed by atoms with E-state index >= 15 is 0 Å². The number of carbonyl (C=O) groups excluding carboxylic acids is 1. The smallest absolute Gasteiger partial charge is 0.264 e. The first-order chi connectivity index (χ1) is 14.2. The Kier molecular flexibility index (Phi) is 4.99. The largest absolute Gasteiger partial charge is 0.378 e. The number of rotatable bonds is 3. The molecule has 0 aromatic carbocycles. The summed E-state index contributed by atoms with van der Waals surface area (Å²) < 4.78 is 13.6. The monoisotopic (exact) mass is 412 g/mol. The van der Waals surface area contributed by atoms with Gasteiger partial charge in [-0.25, -0.2) is 4.98 Å². The molecule has 5 heterocycles. The van der Waals surface area contributed by atoms with Crippen LogP contribution in [0.5, 0.6) is 0 Å². The second-order valence-corrected chi connectivity index (χ2v) is 8.69. The molecular formula is C21H24N4O3S. The number of hydrogen-bond acceptors (Lipinski definition) is 6. The Hall–Kier alpha value is -2.42. The number of nitrogens with zero attached hydrogens (tertiary/aromatic N) is 4. The summed E-state index contributed by atoms with van der Waals surface area (Å²) in [6, 6.07) is 10.1. The van der Waals surface area contributed by atoms with Crippen molar-refractivity contribution >= 4 is 28.7 Å². The van der Waals surface area contributed by atoms with Crippen LogP contribution in [0.15, 0.2) is 36.5 Å². The predicted octanol–water partition coefficient (Wildman–Crippen LogP) is 2.75. The number of ether oxygens (including phenoxy) is 2. The number of aromatic nitrogens is 2. The van der Waals surface area contributed by atoms with Gasteiger partial charge in [-0.2, -0.15) is 0 Å². The lowest BCUT2D eigenvalue weighted by atomic mass is 10.2. The van der Waals surface area contributed by atoms with Crippen molar-refractivity contribution in [3.05, 3.63) is 52.0 Å². The van der Waals surface area contributed by atoms with Crippen LogP contribution < -0.4 is 4.90 Å². The van der Waals surface area contributed by atoms with Gasteiger partial charge in [0, 0.05) is 30.7 Å². The van der Waals surface area contributed by atoms with Gasteiger partial charge >= 0.3 is 0 Å². The number of pyridine rings is 1. The fourth-order valence-corrected chi connectivity index (χ4v) is 4.77. The zero-order chi connectivity index (χ0) is 19.8. The van der Waals surface area contributed by atoms with E-state index in [0.717, 1.165) is 53.2 Å². The lowest BCUT2D eigenvalue weighted by molar-refractivity contribution is -0.0243. The zero-order valence-electron chi connectivity index (χ0n) is 16.4. The maximum atomic E-state index is 12.9. The molecule has 0 saturated carbocycles. The molecule has 2 aliphatic rings. The van der Waals surface area contributed by atoms with Gasteiger partial charge in [0.1, 0.15) is 17.6 Å². The Morgan fingerprint density at radius 2 is 2.00 bits per heavy atom. The van der Waals surface area contributed by atoms with Gasteiger partial charge in [0.25, 0.3) is 5.91 Å². The first-order valence-electron chi connectivity index (χ1n) is 9.97. The summed E-state index contributed by atoms with van der Waals surface area (Å²) in [6.45, 7) is 6.89. The number of aryl methyl sites for hydroxylation is 1. The van der Waals surface area contributed by atoms with Crippen LogP contribution in [0, 0.1) is 6.92 Å². The molecule has 0 spiro atoms. The second kappa shape index (κ2) is 7.78. The van der Waals surface area contributed by atoms with E-state index in [2.05, 4.69) is 15.4 Å². The van der Waals surface area contributed by atoms with E-state index in [4.69, 9.17) is 14.5 Å². The molecule has 1 atom stereocenters. The number of morpholine rings is 2. The molecule has 0 bridgehead atoms. The second-order valence-electron chi connectivity index (χ2n) is 7.40. The quantitative estimate of drug-likeness (QED) is 0.662. The minimum Gasteiger partial charge on any atom is -0.378 e. The number of amides is 1. The molecule has 1 amide bonds. The third kappa shape index (κ3) is 3.63. The van der Waals surface area contributed by atoms with E-state index < -0.39 is 0 Å². The molecule has 5 rings (SSSR count). The first-order valence-corrected chi connectivity index (χ1v) is 10.8. The van der Waals surface area contributed by atoms with Gasteiger partial charge in [0.2, 0.25) is 0 Å². The third-order valence-electron chi connectivity index (χ3n) is 5.46. The molecule has 3 aromatic heterocycles. The van der Waals surface area contributed by atoms with Gasteiger partial charge < -0.3 is 19.3 Å². The van der Waals surface area contributed by atoms with Crippen molar-refractivity contribution in [1.82, 2.24) is 14.3 Å². The van der Waals surface area contributed by atoms with Crippen molar-refractivity contribution in [2.75, 3.05) is 50.9 Å². The molecule has 3 aromatic rings. The maximum absolute atomic E-state index is 12.9. The minimum atomic E-state index is -0.216. The molecule has 7 nitrogen and oxygen atoms in total. The molecule has 2 saturated heterocycles. The molecule has 0 unspecified atom stereocenters. The van der Waals surface area contributed by atoms with Crippen molar-refractivity contribution in [3.8, 4) is 0 Å². The predicted molar refractivity (Wildman–Crippen MR) is 112 cm³/mol. The molecule has 29 heavy (non-hydrogen) atoms. The van der Waals surface area contributed by atoms with E-state index in [-0.39, 0.29) is 12.0 Å². The highest BCUT2D eigenvalue weighted by molar-refractivity contribution is 7.13. The summed E-state index contributed by atoms with van der Waals surface area (Å²) in [5.74, 6) is 1.19. The van der Waals surface area contributed by atoms with E-state index in [0.29, 0.717) is 19.7 Å². The van der Waals surface area contributed by atoms with Crippen LogP contribution in [0.25, 0.3) is 5.65 Å². The Morgan fingerprint density at radius 3 is 2.79 bits per heavy atom. The zero-order valence-corrected chi connectivity index (χ0v) is 17.2. The Bertz CT molecular complexity index is 1020. The average molecular weight is 413 g/mol. The summed E-state index contributed by atoms with van der Waals surface area (Å²) in [6.07, 6.45) is 1.83. The standard InChI is InChI=1S/C21H24N4O3S/c1-15-5-6-18(29-15)21(26)24-9-12-28-17(14-24)16-13-25-19(22-16)3-2-4-20(25)23-7-10-27-11-8-23/h2-6,13,17H,7-12,14H2,1H3/t17-/m0/s1. The van der Waals surface area contributed by atoms with Gasteiger partial charge in [-0.05, 0) is 31.2 Å². The van der Waals surface area contributed by atoms with Crippen molar-refractivity contribution in [2.45, 2.75) is 13.0 Å². The molecule has 2 fully saturated rings. The summed E-state index contributed by atoms with van der Waals surface area (Å²) >= 11 is 1.54. The third-order valence-corrected chi connectivity index (χ3v) is 6.45. The lowest BCUT2D eigenvalue weighted by Gasteiger charge is -2.32. The van der Waals surface area contributed by atoms with E-state index in [9.17, 15) is 4.79 Å². The van der Waals surface area contributed by atoms with Crippen LogP contribution in [0.2, 0.25) is 0 Å². The summed E-state index contributed by atoms with van der Waals surface area (Å²) in [5, 5.41) is 0. The number of hydrogen-bond donors (Lipinski definition) is 0. The Morgan fingerprint density at radius 1 is 1.14 bits per heavy atom. The van der Waals surface area contributed by atoms with Crippen LogP contribution in [0.4, 0.5) is 5.82 Å². The Balaban J connectivity index is 1.39. The van der Waals surface area contributed by atoms with Crippen LogP contribution in [0.1, 0.15) is 26.3 Å². The molecule has 0 aliphatic carbocycles. The fourth-order valence-electron chi connectivity index (χ4n) is 3.94. The summed E-state index contributed by atoms with van der Waals surface area (Å²) in [5.41, 5.74) is 1.76. The molecule has 0 N–H and O–H groups in total. The van der Waals surface area contributed by atoms with E-state index in [1.807, 2.05) is 42.3 Å². The van der Waals surface area contributed by atoms with Crippen LogP contribution in [-0.2, 0) is 9.47 Å². The van der Waals surface area contributed by atoms with Crippen molar-refractivity contribution in [1.29, 1.82) is 0 Å². The molecule has 2 aliphatic heterocycles. The van der Waals surface area contributed by atoms with Crippen molar-refractivity contribution in [2.24, 2.45) is 0 Å². The van der Waals surface area contributed by atoms with Gasteiger partial charge in [0.15, 0.2) is 0 Å². The van der Waals surface area contributed by atoms with Crippen LogP contribution >= 0.6 is 11.3 Å². The van der Waals surface area contributed by atoms with Gasteiger partial charge in [0.05, 0.1) is 36.9 Å². The van der Waals surface area contributed by atoms with E-state index in [1.165, 1.54) is 0 Å². The lowest BCUT2D eigenvalue weighted by Crippen LogP contribution is -2.42. The van der Waals surface area contributed by atoms with Gasteiger partial charge in [-0.15, -0.1) is 11.3 Å². The molecule has 0 radical (unpaired) electrons. The molecule has 8 heteroatoms. The summed E-state index contributed by atoms with van der Waals surface area (Å²) in [7, 11) is 0. The summed E-state index contributed by atoms with van der Waals surface area (Å²) in [4.78, 5) is 23.8. The molecule has 152 valence electrons. The average Bonchev–Trinajstić information content (AvgIpc) is 3.40. The van der Waals surface area contributed by atoms with Gasteiger partial charge in [-0.1, -0.05) is 6.07 Å². The SMILES string of the molecule is Cc1ccc(C(=O)N2CCO[C@H](c3cn4c(N5CCOCC5)cccc4n3)C2)s1. The maximum Gasteiger partial charge on any atom is 0.264 e. The molecular weight excluding hydrogens is 388 g/mol. The van der Waals surface area contributed by atoms with Crippen LogP contribution in [0.3, 0.4) is 0 Å². The fraction of sp³-hybridized carbons (Fsp3) is 0.429. The highest BCUT2D eigenvalue weighted by atomic mass is 32.1. The normalized spacial score (nSPS) is 20.4. The number of thiophene rings is 1. The van der Waals surface area contributed by atoms with Gasteiger partial charge in [-0.3, -0.25) is 9.20 Å². The Labute approximate surface area is 173 Å². The van der Waals surface area contributed by atoms with E-state index in [1.54, 1.807) is 11.3 Å². The number of imidazole rings is 1. The minimum absolute atomic E-state index is 0.0779. The van der Waals surface area contributed by atoms with Crippen molar-refractivity contribution < 1.29 is 14.3 Å².